The van der Waals surface area contributed by atoms with Crippen LogP contribution in [0.15, 0.2) is 0 Å². The minimum Gasteiger partial charge on any atom is -0.0628 e. The quantitative estimate of drug-likeness (QED) is 0.522. The molecule has 0 aromatic rings. The van der Waals surface area contributed by atoms with Crippen LogP contribution in [0.3, 0.4) is 0 Å². The summed E-state index contributed by atoms with van der Waals surface area (Å²) in [6.07, 6.45) is 6.98. The van der Waals surface area contributed by atoms with E-state index in [1.807, 2.05) is 0 Å². The largest absolute Gasteiger partial charge is 0.0628 e. The number of rotatable bonds is 7. The Morgan fingerprint density at radius 2 is 1.29 bits per heavy atom. The van der Waals surface area contributed by atoms with Crippen molar-refractivity contribution in [1.82, 2.24) is 0 Å². The van der Waals surface area contributed by atoms with Gasteiger partial charge >= 0.3 is 0 Å². The van der Waals surface area contributed by atoms with E-state index in [2.05, 4.69) is 41.5 Å². The normalized spacial score (nSPS) is 12.9. The fraction of sp³-hybridized carbons (Fsp3) is 1.00. The van der Waals surface area contributed by atoms with Crippen molar-refractivity contribution in [3.05, 3.63) is 0 Å². The topological polar surface area (TPSA) is 0 Å². The lowest BCUT2D eigenvalue weighted by molar-refractivity contribution is 0.267. The Labute approximate surface area is 91.5 Å². The van der Waals surface area contributed by atoms with Crippen molar-refractivity contribution in [1.29, 1.82) is 0 Å². The molecule has 86 valence electrons. The highest BCUT2D eigenvalue weighted by Crippen LogP contribution is 2.31. The predicted molar refractivity (Wildman–Crippen MR) is 66.5 cm³/mol. The average molecular weight is 198 g/mol. The van der Waals surface area contributed by atoms with Gasteiger partial charge in [-0.3, -0.25) is 0 Å². The molecule has 0 radical (unpaired) electrons. The van der Waals surface area contributed by atoms with Gasteiger partial charge in [-0.05, 0) is 30.1 Å². The number of hydrogen-bond donors (Lipinski definition) is 0. The highest BCUT2D eigenvalue weighted by molar-refractivity contribution is 4.69. The molecule has 0 spiro atoms. The van der Waals surface area contributed by atoms with Crippen LogP contribution in [0.4, 0.5) is 0 Å². The molecule has 14 heavy (non-hydrogen) atoms. The average Bonchev–Trinajstić information content (AvgIpc) is 2.00. The molecule has 0 N–H and O–H groups in total. The van der Waals surface area contributed by atoms with E-state index in [9.17, 15) is 0 Å². The van der Waals surface area contributed by atoms with Crippen molar-refractivity contribution in [3.8, 4) is 0 Å². The van der Waals surface area contributed by atoms with Crippen molar-refractivity contribution in [2.24, 2.45) is 17.3 Å². The molecule has 0 aromatic heterocycles. The summed E-state index contributed by atoms with van der Waals surface area (Å²) in [6.45, 7) is 14.1. The molecular formula is C14H30. The molecule has 0 aromatic carbocycles. The Bertz CT molecular complexity index is 131. The summed E-state index contributed by atoms with van der Waals surface area (Å²) >= 11 is 0. The van der Waals surface area contributed by atoms with E-state index >= 15 is 0 Å². The lowest BCUT2D eigenvalue weighted by atomic mass is 9.80. The smallest absolute Gasteiger partial charge is 0.0354 e. The molecule has 0 unspecified atom stereocenters. The van der Waals surface area contributed by atoms with Crippen LogP contribution in [-0.4, -0.2) is 0 Å². The molecule has 0 heterocycles. The first-order chi connectivity index (χ1) is 6.33. The van der Waals surface area contributed by atoms with Gasteiger partial charge in [0.15, 0.2) is 0 Å². The highest BCUT2D eigenvalue weighted by atomic mass is 14.2. The van der Waals surface area contributed by atoms with E-state index in [4.69, 9.17) is 0 Å². The summed E-state index contributed by atoms with van der Waals surface area (Å²) in [5.41, 5.74) is 0.569. The van der Waals surface area contributed by atoms with Crippen LogP contribution < -0.4 is 0 Å². The third-order valence-electron chi connectivity index (χ3n) is 3.03. The summed E-state index contributed by atoms with van der Waals surface area (Å²) < 4.78 is 0. The second-order valence-electron chi connectivity index (χ2n) is 6.38. The fourth-order valence-electron chi connectivity index (χ4n) is 1.79. The van der Waals surface area contributed by atoms with E-state index in [0.717, 1.165) is 11.8 Å². The SMILES string of the molecule is CC(C)CCCC(C)(C)CCC(C)C. The highest BCUT2D eigenvalue weighted by Gasteiger charge is 2.17. The third-order valence-corrected chi connectivity index (χ3v) is 3.03. The van der Waals surface area contributed by atoms with Crippen molar-refractivity contribution < 1.29 is 0 Å². The predicted octanol–water partition coefficient (Wildman–Crippen LogP) is 5.28. The molecular weight excluding hydrogens is 168 g/mol. The van der Waals surface area contributed by atoms with Crippen LogP contribution in [0, 0.1) is 17.3 Å². The monoisotopic (exact) mass is 198 g/mol. The summed E-state index contributed by atoms with van der Waals surface area (Å²) in [5.74, 6) is 1.73. The summed E-state index contributed by atoms with van der Waals surface area (Å²) in [6, 6.07) is 0. The van der Waals surface area contributed by atoms with Gasteiger partial charge in [0.1, 0.15) is 0 Å². The zero-order chi connectivity index (χ0) is 11.2. The Kier molecular flexibility index (Phi) is 6.48. The summed E-state index contributed by atoms with van der Waals surface area (Å²) in [7, 11) is 0. The zero-order valence-corrected chi connectivity index (χ0v) is 11.2. The molecule has 0 saturated carbocycles. The van der Waals surface area contributed by atoms with Crippen molar-refractivity contribution in [2.45, 2.75) is 73.6 Å². The van der Waals surface area contributed by atoms with E-state index in [-0.39, 0.29) is 0 Å². The Morgan fingerprint density at radius 1 is 0.786 bits per heavy atom. The first-order valence-corrected chi connectivity index (χ1v) is 6.33. The number of hydrogen-bond acceptors (Lipinski definition) is 0. The van der Waals surface area contributed by atoms with E-state index in [1.54, 1.807) is 0 Å². The second-order valence-corrected chi connectivity index (χ2v) is 6.38. The fourth-order valence-corrected chi connectivity index (χ4v) is 1.79. The van der Waals surface area contributed by atoms with Gasteiger partial charge in [0.2, 0.25) is 0 Å². The van der Waals surface area contributed by atoms with Crippen molar-refractivity contribution in [3.63, 3.8) is 0 Å². The summed E-state index contributed by atoms with van der Waals surface area (Å²) in [5, 5.41) is 0. The van der Waals surface area contributed by atoms with E-state index in [1.165, 1.54) is 32.1 Å². The molecule has 0 atom stereocenters. The molecule has 0 aliphatic carbocycles. The molecule has 0 rings (SSSR count). The molecule has 0 heteroatoms. The van der Waals surface area contributed by atoms with Gasteiger partial charge < -0.3 is 0 Å². The summed E-state index contributed by atoms with van der Waals surface area (Å²) in [4.78, 5) is 0. The Balaban J connectivity index is 3.61. The van der Waals surface area contributed by atoms with Gasteiger partial charge in [-0.25, -0.2) is 0 Å². The zero-order valence-electron chi connectivity index (χ0n) is 11.2. The van der Waals surface area contributed by atoms with E-state index < -0.39 is 0 Å². The van der Waals surface area contributed by atoms with Gasteiger partial charge in [0, 0.05) is 0 Å². The minimum absolute atomic E-state index is 0.569. The third kappa shape index (κ3) is 8.59. The van der Waals surface area contributed by atoms with Crippen molar-refractivity contribution in [2.75, 3.05) is 0 Å². The van der Waals surface area contributed by atoms with Gasteiger partial charge in [0.05, 0.1) is 0 Å². The second kappa shape index (κ2) is 6.48. The van der Waals surface area contributed by atoms with Crippen LogP contribution in [0.25, 0.3) is 0 Å². The Morgan fingerprint density at radius 3 is 1.71 bits per heavy atom. The molecule has 0 aliphatic rings. The van der Waals surface area contributed by atoms with Crippen LogP contribution >= 0.6 is 0 Å². The molecule has 0 aliphatic heterocycles. The van der Waals surface area contributed by atoms with Crippen LogP contribution in [-0.2, 0) is 0 Å². The van der Waals surface area contributed by atoms with Crippen LogP contribution in [0.2, 0.25) is 0 Å². The maximum absolute atomic E-state index is 2.43. The molecule has 0 saturated heterocycles. The Hall–Kier alpha value is 0. The van der Waals surface area contributed by atoms with Gasteiger partial charge in [-0.1, -0.05) is 60.8 Å². The van der Waals surface area contributed by atoms with Gasteiger partial charge in [-0.2, -0.15) is 0 Å². The molecule has 0 bridgehead atoms. The van der Waals surface area contributed by atoms with Crippen molar-refractivity contribution >= 4 is 0 Å². The first kappa shape index (κ1) is 14.0. The lowest BCUT2D eigenvalue weighted by Gasteiger charge is -2.25. The van der Waals surface area contributed by atoms with E-state index in [0.29, 0.717) is 5.41 Å². The maximum atomic E-state index is 2.43. The molecule has 0 nitrogen and oxygen atoms in total. The first-order valence-electron chi connectivity index (χ1n) is 6.33. The van der Waals surface area contributed by atoms with Gasteiger partial charge in [0.25, 0.3) is 0 Å². The molecule has 0 fully saturated rings. The minimum atomic E-state index is 0.569. The lowest BCUT2D eigenvalue weighted by Crippen LogP contribution is -2.12. The van der Waals surface area contributed by atoms with Crippen LogP contribution in [0.1, 0.15) is 73.6 Å². The molecule has 0 amide bonds. The maximum Gasteiger partial charge on any atom is -0.0354 e. The van der Waals surface area contributed by atoms with Gasteiger partial charge in [-0.15, -0.1) is 0 Å². The van der Waals surface area contributed by atoms with Crippen LogP contribution in [0.5, 0.6) is 0 Å². The standard InChI is InChI=1S/C14H30/c1-12(2)8-7-10-14(5,6)11-9-13(3)4/h12-13H,7-11H2,1-6H3.